The highest BCUT2D eigenvalue weighted by atomic mass is 35.5. The van der Waals surface area contributed by atoms with Crippen LogP contribution in [-0.4, -0.2) is 32.0 Å². The van der Waals surface area contributed by atoms with Crippen LogP contribution in [-0.2, 0) is 14.8 Å². The highest BCUT2D eigenvalue weighted by Gasteiger charge is 2.46. The molecule has 0 aliphatic carbocycles. The molecule has 0 bridgehead atoms. The van der Waals surface area contributed by atoms with Gasteiger partial charge >= 0.3 is 21.5 Å². The first kappa shape index (κ1) is 22.1. The Bertz CT molecular complexity index is 994. The summed E-state index contributed by atoms with van der Waals surface area (Å²) in [7, 11) is -4.90. The average molecular weight is 467 g/mol. The van der Waals surface area contributed by atoms with Gasteiger partial charge in [-0.2, -0.15) is 26.6 Å². The molecule has 15 heteroatoms. The largest absolute Gasteiger partial charge is 0.516 e. The van der Waals surface area contributed by atoms with E-state index in [2.05, 4.69) is 9.72 Å². The van der Waals surface area contributed by atoms with Gasteiger partial charge in [0.05, 0.1) is 18.4 Å². The van der Waals surface area contributed by atoms with Crippen molar-refractivity contribution in [3.8, 4) is 10.9 Å². The minimum atomic E-state index is -5.81. The van der Waals surface area contributed by atoms with Crippen molar-refractivity contribution in [1.29, 1.82) is 0 Å². The van der Waals surface area contributed by atoms with Gasteiger partial charge in [-0.1, -0.05) is 22.9 Å². The molecule has 2 aromatic rings. The summed E-state index contributed by atoms with van der Waals surface area (Å²) in [5.74, 6) is -1.41. The molecule has 7 nitrogen and oxygen atoms in total. The van der Waals surface area contributed by atoms with Crippen LogP contribution in [0.4, 0.5) is 27.6 Å². The van der Waals surface area contributed by atoms with Gasteiger partial charge in [-0.05, 0) is 18.2 Å². The van der Waals surface area contributed by atoms with Crippen LogP contribution in [0.5, 0.6) is 10.9 Å². The Balaban J connectivity index is 2.39. The van der Waals surface area contributed by atoms with Gasteiger partial charge in [0.1, 0.15) is 10.6 Å². The number of aromatic nitrogens is 1. The van der Waals surface area contributed by atoms with E-state index in [1.54, 1.807) is 0 Å². The summed E-state index contributed by atoms with van der Waals surface area (Å²) in [5.41, 5.74) is -6.98. The number of sulfonamides is 1. The van der Waals surface area contributed by atoms with Gasteiger partial charge < -0.3 is 9.47 Å². The number of carbonyl (C=O) groups excluding carboxylic acids is 1. The fraction of sp³-hybridized carbons (Fsp3) is 0.231. The molecule has 1 aromatic heterocycles. The van der Waals surface area contributed by atoms with Gasteiger partial charge in [-0.3, -0.25) is 4.72 Å². The number of thiazole rings is 1. The summed E-state index contributed by atoms with van der Waals surface area (Å²) in [6.07, 6.45) is -2.91. The second kappa shape index (κ2) is 8.05. The Morgan fingerprint density at radius 1 is 1.32 bits per heavy atom. The van der Waals surface area contributed by atoms with Crippen LogP contribution in [0.3, 0.4) is 0 Å². The molecule has 154 valence electrons. The fourth-order valence-corrected chi connectivity index (χ4v) is 3.32. The van der Waals surface area contributed by atoms with Crippen LogP contribution in [0.15, 0.2) is 18.2 Å². The Labute approximate surface area is 163 Å². The Hall–Kier alpha value is -2.19. The minimum absolute atomic E-state index is 0.221. The first-order valence-corrected chi connectivity index (χ1v) is 9.47. The van der Waals surface area contributed by atoms with Crippen LogP contribution in [0.2, 0.25) is 5.15 Å². The number of alkyl halides is 5. The summed E-state index contributed by atoms with van der Waals surface area (Å²) >= 11 is 5.94. The van der Waals surface area contributed by atoms with E-state index in [0.717, 1.165) is 25.3 Å². The van der Waals surface area contributed by atoms with Crippen LogP contribution in [0.1, 0.15) is 21.7 Å². The second-order valence-electron chi connectivity index (χ2n) is 4.79. The summed E-state index contributed by atoms with van der Waals surface area (Å²) in [6.45, 7) is 0. The molecule has 0 radical (unpaired) electrons. The van der Waals surface area contributed by atoms with Gasteiger partial charge in [-0.25, -0.2) is 13.6 Å². The van der Waals surface area contributed by atoms with Crippen molar-refractivity contribution in [3.63, 3.8) is 0 Å². The van der Waals surface area contributed by atoms with Gasteiger partial charge in [0.25, 0.3) is 11.6 Å². The van der Waals surface area contributed by atoms with Crippen molar-refractivity contribution in [1.82, 2.24) is 4.98 Å². The van der Waals surface area contributed by atoms with E-state index in [1.165, 1.54) is 4.72 Å². The maximum atomic E-state index is 12.7. The molecule has 0 aliphatic rings. The lowest BCUT2D eigenvalue weighted by Gasteiger charge is -2.14. The molecule has 28 heavy (non-hydrogen) atoms. The number of hydrogen-bond donors (Lipinski definition) is 1. The van der Waals surface area contributed by atoms with E-state index in [4.69, 9.17) is 16.3 Å². The highest BCUT2D eigenvalue weighted by molar-refractivity contribution is 7.93. The molecule has 1 aromatic carbocycles. The second-order valence-corrected chi connectivity index (χ2v) is 7.81. The number of methoxy groups -OCH3 is 1. The van der Waals surface area contributed by atoms with Crippen molar-refractivity contribution in [2.45, 2.75) is 11.9 Å². The molecule has 0 saturated heterocycles. The zero-order chi connectivity index (χ0) is 21.3. The summed E-state index contributed by atoms with van der Waals surface area (Å²) in [5, 5.41) is -0.836. The first-order valence-electron chi connectivity index (χ1n) is 6.79. The van der Waals surface area contributed by atoms with Gasteiger partial charge in [0.15, 0.2) is 5.15 Å². The lowest BCUT2D eigenvalue weighted by Crippen LogP contribution is -2.30. The molecule has 2 rings (SSSR count). The minimum Gasteiger partial charge on any atom is -0.465 e. The molecular formula is C13H8ClF5N2O5S2. The van der Waals surface area contributed by atoms with Crippen molar-refractivity contribution < 1.29 is 44.6 Å². The fourth-order valence-electron chi connectivity index (χ4n) is 1.73. The molecule has 0 amide bonds. The van der Waals surface area contributed by atoms with Gasteiger partial charge in [0.2, 0.25) is 0 Å². The zero-order valence-corrected chi connectivity index (χ0v) is 15.8. The number of nitrogens with zero attached hydrogens (tertiary/aromatic N) is 1. The van der Waals surface area contributed by atoms with Crippen LogP contribution < -0.4 is 9.46 Å². The van der Waals surface area contributed by atoms with E-state index in [-0.39, 0.29) is 10.9 Å². The zero-order valence-electron chi connectivity index (χ0n) is 13.4. The first-order chi connectivity index (χ1) is 12.9. The number of halogens is 6. The molecule has 1 N–H and O–H groups in total. The normalized spacial score (nSPS) is 12.1. The predicted molar refractivity (Wildman–Crippen MR) is 88.5 cm³/mol. The third-order valence-electron chi connectivity index (χ3n) is 2.94. The number of nitrogens with one attached hydrogen (secondary N) is 1. The number of esters is 1. The topological polar surface area (TPSA) is 94.6 Å². The molecule has 0 unspecified atom stereocenters. The van der Waals surface area contributed by atoms with E-state index in [9.17, 15) is 35.2 Å². The number of hydrogen-bond acceptors (Lipinski definition) is 7. The van der Waals surface area contributed by atoms with Crippen LogP contribution >= 0.6 is 22.9 Å². The number of ether oxygens (including phenoxy) is 2. The lowest BCUT2D eigenvalue weighted by atomic mass is 10.2. The number of carbonyl (C=O) groups is 1. The number of anilines is 1. The van der Waals surface area contributed by atoms with Crippen molar-refractivity contribution in [2.75, 3.05) is 11.8 Å². The Morgan fingerprint density at radius 3 is 2.46 bits per heavy atom. The predicted octanol–water partition coefficient (Wildman–Crippen LogP) is 4.57. The van der Waals surface area contributed by atoms with Crippen molar-refractivity contribution in [2.24, 2.45) is 0 Å². The van der Waals surface area contributed by atoms with Gasteiger partial charge in [0, 0.05) is 0 Å². The van der Waals surface area contributed by atoms with Crippen LogP contribution in [0.25, 0.3) is 0 Å². The quantitative estimate of drug-likeness (QED) is 0.495. The standard InChI is InChI=1S/C13H8ClF5N2O5S2/c1-25-11(22)6-4-5(26-12-20-9(14)8(27-12)10(15)16)2-3-7(6)21-28(23,24)13(17,18)19/h2-4,10,21H,1H3. The maximum Gasteiger partial charge on any atom is 0.516 e. The van der Waals surface area contributed by atoms with E-state index >= 15 is 0 Å². The highest BCUT2D eigenvalue weighted by Crippen LogP contribution is 2.38. The third kappa shape index (κ3) is 4.80. The van der Waals surface area contributed by atoms with Crippen molar-refractivity contribution >= 4 is 44.6 Å². The molecular weight excluding hydrogens is 459 g/mol. The summed E-state index contributed by atoms with van der Waals surface area (Å²) < 4.78 is 96.3. The smallest absolute Gasteiger partial charge is 0.465 e. The third-order valence-corrected chi connectivity index (χ3v) is 5.38. The number of benzene rings is 1. The maximum absolute atomic E-state index is 12.7. The number of rotatable bonds is 6. The van der Waals surface area contributed by atoms with E-state index in [1.807, 2.05) is 0 Å². The van der Waals surface area contributed by atoms with Crippen molar-refractivity contribution in [3.05, 3.63) is 33.8 Å². The SMILES string of the molecule is COC(=O)c1cc(Oc2nc(Cl)c(C(F)F)s2)ccc1NS(=O)(=O)C(F)(F)F. The molecule has 0 aliphatic heterocycles. The molecule has 0 fully saturated rings. The summed E-state index contributed by atoms with van der Waals surface area (Å²) in [6, 6.07) is 2.63. The van der Waals surface area contributed by atoms with E-state index < -0.39 is 49.2 Å². The molecule has 0 atom stereocenters. The molecule has 0 spiro atoms. The Kier molecular flexibility index (Phi) is 6.35. The lowest BCUT2D eigenvalue weighted by molar-refractivity contribution is -0.0429. The molecule has 1 heterocycles. The molecule has 0 saturated carbocycles. The van der Waals surface area contributed by atoms with Crippen LogP contribution in [0, 0.1) is 0 Å². The Morgan fingerprint density at radius 2 is 1.96 bits per heavy atom. The van der Waals surface area contributed by atoms with Gasteiger partial charge in [-0.15, -0.1) is 0 Å². The monoisotopic (exact) mass is 466 g/mol. The average Bonchev–Trinajstić information content (AvgIpc) is 2.94. The van der Waals surface area contributed by atoms with E-state index in [0.29, 0.717) is 11.3 Å². The summed E-state index contributed by atoms with van der Waals surface area (Å²) in [4.78, 5) is 14.8.